The lowest BCUT2D eigenvalue weighted by atomic mass is 10.1. The zero-order valence-corrected chi connectivity index (χ0v) is 10.4. The van der Waals surface area contributed by atoms with Gasteiger partial charge in [0.2, 0.25) is 5.43 Å². The highest BCUT2D eigenvalue weighted by Crippen LogP contribution is 2.40. The molecule has 1 aliphatic rings. The van der Waals surface area contributed by atoms with E-state index in [1.165, 1.54) is 11.5 Å². The van der Waals surface area contributed by atoms with E-state index in [9.17, 15) is 18.4 Å². The van der Waals surface area contributed by atoms with Crippen LogP contribution in [0.4, 0.5) is 8.78 Å². The summed E-state index contributed by atoms with van der Waals surface area (Å²) >= 11 is 0. The molecule has 1 N–H and O–H groups in total. The molecule has 0 amide bonds. The molecule has 3 rings (SSSR count). The Hall–Kier alpha value is -2.31. The highest BCUT2D eigenvalue weighted by atomic mass is 19.1. The van der Waals surface area contributed by atoms with Gasteiger partial charge in [0.25, 0.3) is 0 Å². The summed E-state index contributed by atoms with van der Waals surface area (Å²) in [5.41, 5.74) is -1.14. The number of aromatic carboxylic acids is 1. The number of rotatable bonds is 2. The van der Waals surface area contributed by atoms with E-state index in [1.54, 1.807) is 0 Å². The molecule has 1 aliphatic carbocycles. The van der Waals surface area contributed by atoms with Gasteiger partial charge in [0.15, 0.2) is 0 Å². The molecule has 104 valence electrons. The molecular formula is C13H10F2N2O3. The van der Waals surface area contributed by atoms with E-state index in [0.29, 0.717) is 0 Å². The third-order valence-corrected chi connectivity index (χ3v) is 3.40. The van der Waals surface area contributed by atoms with Gasteiger partial charge in [-0.2, -0.15) is 0 Å². The van der Waals surface area contributed by atoms with Crippen molar-refractivity contribution in [2.24, 2.45) is 0 Å². The van der Waals surface area contributed by atoms with Gasteiger partial charge < -0.3 is 9.67 Å². The van der Waals surface area contributed by atoms with Crippen molar-refractivity contribution in [3.05, 3.63) is 39.6 Å². The van der Waals surface area contributed by atoms with Crippen LogP contribution < -0.4 is 5.43 Å². The van der Waals surface area contributed by atoms with Crippen LogP contribution in [0, 0.1) is 12.7 Å². The van der Waals surface area contributed by atoms with Crippen LogP contribution in [0.2, 0.25) is 0 Å². The average molecular weight is 280 g/mol. The Labute approximate surface area is 111 Å². The molecule has 20 heavy (non-hydrogen) atoms. The Morgan fingerprint density at radius 2 is 2.20 bits per heavy atom. The van der Waals surface area contributed by atoms with Gasteiger partial charge in [-0.1, -0.05) is 0 Å². The lowest BCUT2D eigenvalue weighted by Gasteiger charge is -2.11. The van der Waals surface area contributed by atoms with E-state index >= 15 is 0 Å². The van der Waals surface area contributed by atoms with Crippen LogP contribution in [-0.2, 0) is 0 Å². The molecule has 1 saturated carbocycles. The lowest BCUT2D eigenvalue weighted by Crippen LogP contribution is -2.20. The Bertz CT molecular complexity index is 800. The second-order valence-electron chi connectivity index (χ2n) is 4.83. The maximum absolute atomic E-state index is 13.6. The van der Waals surface area contributed by atoms with Gasteiger partial charge in [0.1, 0.15) is 23.2 Å². The van der Waals surface area contributed by atoms with Crippen molar-refractivity contribution in [1.82, 2.24) is 9.55 Å². The zero-order chi connectivity index (χ0) is 14.6. The van der Waals surface area contributed by atoms with Gasteiger partial charge in [-0.05, 0) is 13.0 Å². The quantitative estimate of drug-likeness (QED) is 0.910. The molecule has 7 heteroatoms. The third-order valence-electron chi connectivity index (χ3n) is 3.40. The highest BCUT2D eigenvalue weighted by Gasteiger charge is 2.40. The van der Waals surface area contributed by atoms with Gasteiger partial charge >= 0.3 is 5.97 Å². The third kappa shape index (κ3) is 1.77. The number of fused-ring (bicyclic) bond motifs is 1. The second-order valence-corrected chi connectivity index (χ2v) is 4.83. The van der Waals surface area contributed by atoms with E-state index < -0.39 is 35.0 Å². The zero-order valence-electron chi connectivity index (χ0n) is 10.4. The average Bonchev–Trinajstić information content (AvgIpc) is 3.09. The molecule has 1 fully saturated rings. The van der Waals surface area contributed by atoms with Gasteiger partial charge in [-0.3, -0.25) is 4.79 Å². The Morgan fingerprint density at radius 1 is 1.55 bits per heavy atom. The van der Waals surface area contributed by atoms with Gasteiger partial charge in [0, 0.05) is 12.6 Å². The molecule has 0 radical (unpaired) electrons. The summed E-state index contributed by atoms with van der Waals surface area (Å²) in [4.78, 5) is 27.0. The first-order valence-electron chi connectivity index (χ1n) is 5.99. The fraction of sp³-hybridized carbons (Fsp3) is 0.308. The summed E-state index contributed by atoms with van der Waals surface area (Å²) in [7, 11) is 0. The largest absolute Gasteiger partial charge is 0.477 e. The van der Waals surface area contributed by atoms with E-state index in [1.807, 2.05) is 0 Å². The molecular weight excluding hydrogens is 270 g/mol. The van der Waals surface area contributed by atoms with Gasteiger partial charge in [-0.15, -0.1) is 0 Å². The first-order valence-corrected chi connectivity index (χ1v) is 5.99. The minimum Gasteiger partial charge on any atom is -0.477 e. The molecule has 0 aliphatic heterocycles. The maximum atomic E-state index is 13.6. The number of pyridine rings is 2. The fourth-order valence-corrected chi connectivity index (χ4v) is 2.18. The molecule has 2 aromatic rings. The van der Waals surface area contributed by atoms with Crippen LogP contribution in [0.25, 0.3) is 11.0 Å². The van der Waals surface area contributed by atoms with Crippen LogP contribution in [0.1, 0.15) is 28.5 Å². The topological polar surface area (TPSA) is 72.2 Å². The van der Waals surface area contributed by atoms with Crippen molar-refractivity contribution in [3.63, 3.8) is 0 Å². The molecule has 0 aromatic carbocycles. The van der Waals surface area contributed by atoms with Gasteiger partial charge in [0.05, 0.1) is 17.1 Å². The number of carboxylic acids is 1. The van der Waals surface area contributed by atoms with Crippen LogP contribution in [0.3, 0.4) is 0 Å². The normalized spacial score (nSPS) is 21.1. The first-order chi connectivity index (χ1) is 9.40. The predicted octanol–water partition coefficient (Wildman–Crippen LogP) is 1.83. The van der Waals surface area contributed by atoms with Crippen LogP contribution >= 0.6 is 0 Å². The molecule has 2 unspecified atom stereocenters. The number of aryl methyl sites for hydroxylation is 1. The van der Waals surface area contributed by atoms with E-state index in [0.717, 1.165) is 12.3 Å². The molecule has 2 atom stereocenters. The number of alkyl halides is 1. The molecule has 0 bridgehead atoms. The standard InChI is InChI=1S/C13H10F2N2O3/c1-5-8(14)2-6-11(18)7(13(19)20)4-17(12(6)16-5)10-3-9(10)15/h2,4,9-10H,3H2,1H3,(H,19,20). The number of carbonyl (C=O) groups is 1. The molecule has 0 spiro atoms. The fourth-order valence-electron chi connectivity index (χ4n) is 2.18. The number of hydrogen-bond acceptors (Lipinski definition) is 3. The number of aromatic nitrogens is 2. The minimum atomic E-state index is -1.43. The Morgan fingerprint density at radius 3 is 2.75 bits per heavy atom. The number of hydrogen-bond donors (Lipinski definition) is 1. The van der Waals surface area contributed by atoms with E-state index in [-0.39, 0.29) is 23.1 Å². The van der Waals surface area contributed by atoms with Crippen molar-refractivity contribution in [3.8, 4) is 0 Å². The molecule has 5 nitrogen and oxygen atoms in total. The van der Waals surface area contributed by atoms with Crippen molar-refractivity contribution in [1.29, 1.82) is 0 Å². The number of carboxylic acid groups (broad SMARTS) is 1. The van der Waals surface area contributed by atoms with Crippen molar-refractivity contribution >= 4 is 17.0 Å². The van der Waals surface area contributed by atoms with Crippen molar-refractivity contribution in [2.75, 3.05) is 0 Å². The smallest absolute Gasteiger partial charge is 0.341 e. The monoisotopic (exact) mass is 280 g/mol. The van der Waals surface area contributed by atoms with Crippen LogP contribution in [0.15, 0.2) is 17.1 Å². The Balaban J connectivity index is 2.41. The molecule has 0 saturated heterocycles. The lowest BCUT2D eigenvalue weighted by molar-refractivity contribution is 0.0694. The van der Waals surface area contributed by atoms with Crippen molar-refractivity contribution < 1.29 is 18.7 Å². The maximum Gasteiger partial charge on any atom is 0.341 e. The second kappa shape index (κ2) is 4.09. The van der Waals surface area contributed by atoms with Crippen LogP contribution in [0.5, 0.6) is 0 Å². The van der Waals surface area contributed by atoms with E-state index in [2.05, 4.69) is 4.98 Å². The summed E-state index contributed by atoms with van der Waals surface area (Å²) in [6.45, 7) is 1.43. The van der Waals surface area contributed by atoms with Crippen LogP contribution in [-0.4, -0.2) is 26.8 Å². The first kappa shape index (κ1) is 12.7. The number of nitrogens with zero attached hydrogens (tertiary/aromatic N) is 2. The van der Waals surface area contributed by atoms with Gasteiger partial charge in [-0.25, -0.2) is 18.6 Å². The minimum absolute atomic E-state index is 0.0739. The summed E-state index contributed by atoms with van der Waals surface area (Å²) in [6, 6.07) is 0.409. The van der Waals surface area contributed by atoms with E-state index in [4.69, 9.17) is 5.11 Å². The van der Waals surface area contributed by atoms with Crippen molar-refractivity contribution in [2.45, 2.75) is 25.6 Å². The number of halogens is 2. The molecule has 2 heterocycles. The summed E-state index contributed by atoms with van der Waals surface area (Å²) < 4.78 is 28.1. The summed E-state index contributed by atoms with van der Waals surface area (Å²) in [6.07, 6.45) is 0.214. The highest BCUT2D eigenvalue weighted by molar-refractivity contribution is 5.91. The SMILES string of the molecule is Cc1nc2c(cc1F)c(=O)c(C(=O)O)cn2C1CC1F. The Kier molecular flexibility index (Phi) is 2.60. The predicted molar refractivity (Wildman–Crippen MR) is 66.2 cm³/mol. The summed E-state index contributed by atoms with van der Waals surface area (Å²) in [5.74, 6) is -2.13. The summed E-state index contributed by atoms with van der Waals surface area (Å²) in [5, 5.41) is 8.87. The molecule has 2 aromatic heterocycles.